The summed E-state index contributed by atoms with van der Waals surface area (Å²) in [7, 11) is 0. The van der Waals surface area contributed by atoms with E-state index in [4.69, 9.17) is 15.2 Å². The van der Waals surface area contributed by atoms with Crippen molar-refractivity contribution < 1.29 is 34.1 Å². The topological polar surface area (TPSA) is 196 Å². The Morgan fingerprint density at radius 2 is 1.62 bits per heavy atom. The predicted octanol–water partition coefficient (Wildman–Crippen LogP) is 5.10. The molecule has 1 saturated carbocycles. The van der Waals surface area contributed by atoms with Gasteiger partial charge in [-0.15, -0.1) is 0 Å². The first-order valence-electron chi connectivity index (χ1n) is 20.7. The van der Waals surface area contributed by atoms with E-state index in [9.17, 15) is 29.4 Å². The van der Waals surface area contributed by atoms with Gasteiger partial charge >= 0.3 is 5.97 Å². The number of aliphatic hydroxyl groups excluding tert-OH is 1. The number of phenols is 1. The van der Waals surface area contributed by atoms with Gasteiger partial charge in [0, 0.05) is 48.8 Å². The number of H-pyrrole nitrogens is 1. The molecule has 13 nitrogen and oxygen atoms in total. The quantitative estimate of drug-likeness (QED) is 0.0543. The van der Waals surface area contributed by atoms with Crippen molar-refractivity contribution in [3.63, 3.8) is 0 Å². The standard InChI is InChI=1S/C47H53N5O8/c48-24-23-32-7-4-5-10-41(32)60-46(58)47(35-8-2-1-3-9-35)29-52(30-47)45(57)34-15-17-36(18-16-34)59-28-31-11-13-33(14-12-31)44(56)50-26-6-25-49-27-40(54)37-19-21-39(53)43-38(37)20-22-42(55)51-43/h1-3,8-9,11-22,32,40-41,49,53-54H,4-7,10,23-30,48H2,(H,50,56)(H,51,55)/t32?,40-,41-/m0/s1. The number of hydrogen-bond donors (Lipinski definition) is 6. The number of fused-ring (bicyclic) bond motifs is 1. The largest absolute Gasteiger partial charge is 0.506 e. The van der Waals surface area contributed by atoms with Crippen molar-refractivity contribution in [3.05, 3.63) is 141 Å². The molecule has 0 radical (unpaired) electrons. The lowest BCUT2D eigenvalue weighted by Crippen LogP contribution is -2.65. The average molecular weight is 816 g/mol. The second kappa shape index (κ2) is 19.4. The molecular weight excluding hydrogens is 763 g/mol. The number of ether oxygens (including phenoxy) is 2. The molecule has 2 fully saturated rings. The van der Waals surface area contributed by atoms with Crippen LogP contribution >= 0.6 is 0 Å². The number of aromatic nitrogens is 1. The summed E-state index contributed by atoms with van der Waals surface area (Å²) in [5.41, 5.74) is 8.22. The summed E-state index contributed by atoms with van der Waals surface area (Å²) in [6.45, 7) is 2.56. The Labute approximate surface area is 348 Å². The highest BCUT2D eigenvalue weighted by Crippen LogP contribution is 2.39. The molecule has 60 heavy (non-hydrogen) atoms. The van der Waals surface area contributed by atoms with E-state index in [1.165, 1.54) is 12.1 Å². The van der Waals surface area contributed by atoms with Crippen LogP contribution in [0.2, 0.25) is 0 Å². The second-order valence-corrected chi connectivity index (χ2v) is 15.8. The van der Waals surface area contributed by atoms with E-state index >= 15 is 0 Å². The molecule has 5 aromatic rings. The summed E-state index contributed by atoms with van der Waals surface area (Å²) in [5, 5.41) is 27.5. The van der Waals surface area contributed by atoms with Crippen LogP contribution in [-0.4, -0.2) is 83.3 Å². The molecule has 7 rings (SSSR count). The van der Waals surface area contributed by atoms with Gasteiger partial charge in [-0.1, -0.05) is 55.0 Å². The molecule has 2 amide bonds. The molecule has 2 heterocycles. The van der Waals surface area contributed by atoms with Gasteiger partial charge in [0.15, 0.2) is 0 Å². The Hall–Kier alpha value is -6.02. The van der Waals surface area contributed by atoms with Crippen LogP contribution in [0.4, 0.5) is 0 Å². The number of likely N-dealkylation sites (tertiary alicyclic amines) is 1. The molecule has 1 unspecified atom stereocenters. The molecule has 1 aliphatic heterocycles. The first-order chi connectivity index (χ1) is 29.1. The number of hydrogen-bond acceptors (Lipinski definition) is 10. The van der Waals surface area contributed by atoms with E-state index in [0.29, 0.717) is 53.9 Å². The van der Waals surface area contributed by atoms with Crippen LogP contribution in [0.5, 0.6) is 11.5 Å². The molecule has 7 N–H and O–H groups in total. The molecule has 0 bridgehead atoms. The number of nitrogens with two attached hydrogens (primary N) is 1. The third-order valence-electron chi connectivity index (χ3n) is 11.7. The SMILES string of the molecule is NCCC1CCCC[C@@H]1OC(=O)C1(c2ccccc2)CN(C(=O)c2ccc(OCc3ccc(C(=O)NCCCNC[C@H](O)c4ccc(O)c5[nH]c(=O)ccc45)cc3)cc2)C1. The van der Waals surface area contributed by atoms with Crippen molar-refractivity contribution in [1.82, 2.24) is 20.5 Å². The van der Waals surface area contributed by atoms with Crippen LogP contribution in [0.15, 0.2) is 108 Å². The van der Waals surface area contributed by atoms with Gasteiger partial charge in [0.1, 0.15) is 29.6 Å². The Kier molecular flexibility index (Phi) is 13.6. The summed E-state index contributed by atoms with van der Waals surface area (Å²) in [4.78, 5) is 56.2. The van der Waals surface area contributed by atoms with E-state index in [1.54, 1.807) is 53.4 Å². The number of carbonyl (C=O) groups is 3. The zero-order chi connectivity index (χ0) is 42.1. The fourth-order valence-electron chi connectivity index (χ4n) is 8.27. The lowest BCUT2D eigenvalue weighted by atomic mass is 9.73. The van der Waals surface area contributed by atoms with Crippen molar-refractivity contribution in [3.8, 4) is 11.5 Å². The van der Waals surface area contributed by atoms with E-state index in [0.717, 1.165) is 43.2 Å². The van der Waals surface area contributed by atoms with E-state index in [-0.39, 0.29) is 72.9 Å². The maximum Gasteiger partial charge on any atom is 0.320 e. The Morgan fingerprint density at radius 1 is 0.883 bits per heavy atom. The molecule has 1 saturated heterocycles. The first-order valence-corrected chi connectivity index (χ1v) is 20.7. The lowest BCUT2D eigenvalue weighted by molar-refractivity contribution is -0.167. The van der Waals surface area contributed by atoms with Gasteiger partial charge in [-0.2, -0.15) is 0 Å². The number of phenolic OH excluding ortho intramolecular Hbond substituents is 1. The Morgan fingerprint density at radius 3 is 2.37 bits per heavy atom. The molecular formula is C47H53N5O8. The van der Waals surface area contributed by atoms with Crippen molar-refractivity contribution in [2.24, 2.45) is 11.7 Å². The van der Waals surface area contributed by atoms with E-state index in [1.807, 2.05) is 42.5 Å². The highest BCUT2D eigenvalue weighted by Gasteiger charge is 2.54. The van der Waals surface area contributed by atoms with Gasteiger partial charge in [-0.05, 0) is 116 Å². The average Bonchev–Trinajstić information content (AvgIpc) is 3.25. The number of aromatic hydroxyl groups is 1. The minimum absolute atomic E-state index is 0.0635. The first kappa shape index (κ1) is 42.1. The highest BCUT2D eigenvalue weighted by molar-refractivity contribution is 5.98. The van der Waals surface area contributed by atoms with Gasteiger partial charge in [0.05, 0.1) is 11.6 Å². The van der Waals surface area contributed by atoms with Crippen molar-refractivity contribution in [1.29, 1.82) is 0 Å². The zero-order valence-electron chi connectivity index (χ0n) is 33.6. The number of aliphatic hydroxyl groups is 1. The zero-order valence-corrected chi connectivity index (χ0v) is 33.6. The van der Waals surface area contributed by atoms with Gasteiger partial charge in [0.2, 0.25) is 5.56 Å². The van der Waals surface area contributed by atoms with Crippen LogP contribution in [0.25, 0.3) is 10.9 Å². The summed E-state index contributed by atoms with van der Waals surface area (Å²) >= 11 is 0. The fourth-order valence-corrected chi connectivity index (χ4v) is 8.27. The van der Waals surface area contributed by atoms with E-state index in [2.05, 4.69) is 15.6 Å². The van der Waals surface area contributed by atoms with Crippen LogP contribution in [0.3, 0.4) is 0 Å². The van der Waals surface area contributed by atoms with Crippen molar-refractivity contribution in [2.45, 2.75) is 62.8 Å². The van der Waals surface area contributed by atoms with E-state index < -0.39 is 11.5 Å². The smallest absolute Gasteiger partial charge is 0.320 e. The number of benzene rings is 4. The molecule has 0 spiro atoms. The minimum atomic E-state index is -0.913. The monoisotopic (exact) mass is 815 g/mol. The predicted molar refractivity (Wildman–Crippen MR) is 228 cm³/mol. The fraction of sp³-hybridized carbons (Fsp3) is 0.362. The Balaban J connectivity index is 0.837. The summed E-state index contributed by atoms with van der Waals surface area (Å²) in [6.07, 6.45) is 4.45. The third-order valence-corrected chi connectivity index (χ3v) is 11.7. The highest BCUT2D eigenvalue weighted by atomic mass is 16.5. The van der Waals surface area contributed by atoms with Gasteiger partial charge < -0.3 is 45.9 Å². The number of nitrogens with zero attached hydrogens (tertiary/aromatic N) is 1. The van der Waals surface area contributed by atoms with Crippen LogP contribution in [-0.2, 0) is 21.6 Å². The second-order valence-electron chi connectivity index (χ2n) is 15.8. The number of nitrogens with one attached hydrogen (secondary N) is 3. The van der Waals surface area contributed by atoms with Crippen molar-refractivity contribution >= 4 is 28.7 Å². The maximum absolute atomic E-state index is 13.9. The number of amides is 2. The molecule has 2 aliphatic rings. The van der Waals surface area contributed by atoms with Crippen molar-refractivity contribution in [2.75, 3.05) is 39.3 Å². The number of carbonyl (C=O) groups excluding carboxylic acids is 3. The van der Waals surface area contributed by atoms with Crippen LogP contribution in [0.1, 0.15) is 82.0 Å². The van der Waals surface area contributed by atoms with Gasteiger partial charge in [0.25, 0.3) is 11.8 Å². The molecule has 314 valence electrons. The maximum atomic E-state index is 13.9. The number of pyridine rings is 1. The summed E-state index contributed by atoms with van der Waals surface area (Å²) in [5.74, 6) is 0.158. The van der Waals surface area contributed by atoms with Crippen LogP contribution < -0.4 is 26.7 Å². The van der Waals surface area contributed by atoms with Gasteiger partial charge in [-0.25, -0.2) is 0 Å². The third kappa shape index (κ3) is 9.71. The number of rotatable bonds is 17. The number of esters is 1. The Bertz CT molecular complexity index is 2310. The molecule has 13 heteroatoms. The summed E-state index contributed by atoms with van der Waals surface area (Å²) < 4.78 is 12.2. The molecule has 4 aromatic carbocycles. The summed E-state index contributed by atoms with van der Waals surface area (Å²) in [6, 6.07) is 29.7. The number of aromatic amines is 1. The lowest BCUT2D eigenvalue weighted by Gasteiger charge is -2.49. The molecule has 1 aliphatic carbocycles. The minimum Gasteiger partial charge on any atom is -0.506 e. The van der Waals surface area contributed by atoms with Crippen LogP contribution in [0, 0.1) is 5.92 Å². The molecule has 3 atom stereocenters. The van der Waals surface area contributed by atoms with Gasteiger partial charge in [-0.3, -0.25) is 19.2 Å². The molecule has 1 aromatic heterocycles. The normalized spacial score (nSPS) is 17.7.